The minimum absolute atomic E-state index is 0.00639. The third kappa shape index (κ3) is 2.42. The van der Waals surface area contributed by atoms with E-state index in [0.29, 0.717) is 5.56 Å². The maximum absolute atomic E-state index is 13.0. The highest BCUT2D eigenvalue weighted by atomic mass is 19.1. The summed E-state index contributed by atoms with van der Waals surface area (Å²) in [4.78, 5) is 10.7. The second-order valence-electron chi connectivity index (χ2n) is 3.53. The molecule has 1 rings (SSSR count). The molecule has 1 aromatic carbocycles. The number of hydrogen-bond acceptors (Lipinski definition) is 3. The number of methoxy groups -OCH3 is 1. The second kappa shape index (κ2) is 4.83. The van der Waals surface area contributed by atoms with E-state index in [0.717, 1.165) is 6.07 Å². The average Bonchev–Trinajstić information content (AvgIpc) is 2.23. The van der Waals surface area contributed by atoms with Crippen molar-refractivity contribution in [1.82, 2.24) is 0 Å². The van der Waals surface area contributed by atoms with Crippen molar-refractivity contribution in [2.24, 2.45) is 5.92 Å². The molecule has 5 heteroatoms. The van der Waals surface area contributed by atoms with E-state index >= 15 is 0 Å². The summed E-state index contributed by atoms with van der Waals surface area (Å²) in [6.45, 7) is 1.53. The molecule has 0 heterocycles. The monoisotopic (exact) mass is 228 g/mol. The molecule has 2 N–H and O–H groups in total. The summed E-state index contributed by atoms with van der Waals surface area (Å²) in [6, 6.07) is 2.50. The van der Waals surface area contributed by atoms with E-state index in [9.17, 15) is 14.3 Å². The Bertz CT molecular complexity index is 403. The molecule has 0 aliphatic carbocycles. The molecule has 0 saturated heterocycles. The van der Waals surface area contributed by atoms with Gasteiger partial charge in [0.05, 0.1) is 13.0 Å². The van der Waals surface area contributed by atoms with E-state index in [2.05, 4.69) is 0 Å². The molecule has 0 bridgehead atoms. The molecular weight excluding hydrogens is 215 g/mol. The standard InChI is InChI=1S/C11H13FO4/c1-6(11(14)15)5-7-3-4-8(12)9(13)10(7)16-2/h3-4,6,13H,5H2,1-2H3,(H,14,15). The van der Waals surface area contributed by atoms with Gasteiger partial charge in [-0.25, -0.2) is 4.39 Å². The number of aromatic hydroxyl groups is 1. The molecular formula is C11H13FO4. The lowest BCUT2D eigenvalue weighted by molar-refractivity contribution is -0.141. The zero-order valence-corrected chi connectivity index (χ0v) is 9.03. The number of benzene rings is 1. The highest BCUT2D eigenvalue weighted by Gasteiger charge is 2.18. The fourth-order valence-corrected chi connectivity index (χ4v) is 1.39. The lowest BCUT2D eigenvalue weighted by Crippen LogP contribution is -2.13. The molecule has 1 atom stereocenters. The first-order valence-corrected chi connectivity index (χ1v) is 4.74. The predicted octanol–water partition coefficient (Wildman–Crippen LogP) is 1.80. The van der Waals surface area contributed by atoms with Crippen molar-refractivity contribution < 1.29 is 24.1 Å². The Balaban J connectivity index is 3.05. The summed E-state index contributed by atoms with van der Waals surface area (Å²) >= 11 is 0. The van der Waals surface area contributed by atoms with Gasteiger partial charge in [0.2, 0.25) is 0 Å². The van der Waals surface area contributed by atoms with Gasteiger partial charge in [-0.2, -0.15) is 0 Å². The Morgan fingerprint density at radius 1 is 1.56 bits per heavy atom. The zero-order valence-electron chi connectivity index (χ0n) is 9.03. The molecule has 88 valence electrons. The van der Waals surface area contributed by atoms with Crippen LogP contribution >= 0.6 is 0 Å². The Kier molecular flexibility index (Phi) is 3.71. The number of rotatable bonds is 4. The fraction of sp³-hybridized carbons (Fsp3) is 0.364. The van der Waals surface area contributed by atoms with Gasteiger partial charge in [0.25, 0.3) is 0 Å². The SMILES string of the molecule is COc1c(CC(C)C(=O)O)ccc(F)c1O. The Morgan fingerprint density at radius 3 is 2.69 bits per heavy atom. The number of ether oxygens (including phenoxy) is 1. The van der Waals surface area contributed by atoms with Crippen molar-refractivity contribution in [3.63, 3.8) is 0 Å². The van der Waals surface area contributed by atoms with Gasteiger partial charge in [0.1, 0.15) is 0 Å². The van der Waals surface area contributed by atoms with Crippen LogP contribution in [0.4, 0.5) is 4.39 Å². The van der Waals surface area contributed by atoms with Crippen LogP contribution in [0.2, 0.25) is 0 Å². The molecule has 0 radical (unpaired) electrons. The number of carbonyl (C=O) groups is 1. The van der Waals surface area contributed by atoms with Gasteiger partial charge in [0.15, 0.2) is 17.3 Å². The summed E-state index contributed by atoms with van der Waals surface area (Å²) in [6.07, 6.45) is 0.173. The van der Waals surface area contributed by atoms with E-state index in [-0.39, 0.29) is 12.2 Å². The largest absolute Gasteiger partial charge is 0.502 e. The Morgan fingerprint density at radius 2 is 2.19 bits per heavy atom. The lowest BCUT2D eigenvalue weighted by Gasteiger charge is -2.12. The number of carboxylic acids is 1. The molecule has 4 nitrogen and oxygen atoms in total. The van der Waals surface area contributed by atoms with Gasteiger partial charge >= 0.3 is 5.97 Å². The van der Waals surface area contributed by atoms with Crippen molar-refractivity contribution in [1.29, 1.82) is 0 Å². The van der Waals surface area contributed by atoms with E-state index in [4.69, 9.17) is 9.84 Å². The van der Waals surface area contributed by atoms with Crippen molar-refractivity contribution >= 4 is 5.97 Å². The van der Waals surface area contributed by atoms with Crippen LogP contribution in [-0.4, -0.2) is 23.3 Å². The second-order valence-corrected chi connectivity index (χ2v) is 3.53. The normalized spacial score (nSPS) is 12.2. The smallest absolute Gasteiger partial charge is 0.306 e. The summed E-state index contributed by atoms with van der Waals surface area (Å²) in [5.74, 6) is -2.96. The van der Waals surface area contributed by atoms with E-state index < -0.39 is 23.5 Å². The van der Waals surface area contributed by atoms with Crippen molar-refractivity contribution in [3.05, 3.63) is 23.5 Å². The number of phenolic OH excluding ortho intramolecular Hbond substituents is 1. The molecule has 1 unspecified atom stereocenters. The van der Waals surface area contributed by atoms with Crippen LogP contribution in [-0.2, 0) is 11.2 Å². The summed E-state index contributed by atoms with van der Waals surface area (Å²) < 4.78 is 17.9. The van der Waals surface area contributed by atoms with E-state index in [1.165, 1.54) is 20.1 Å². The van der Waals surface area contributed by atoms with Crippen LogP contribution in [0.3, 0.4) is 0 Å². The zero-order chi connectivity index (χ0) is 12.3. The van der Waals surface area contributed by atoms with Crippen LogP contribution < -0.4 is 4.74 Å². The van der Waals surface area contributed by atoms with E-state index in [1.54, 1.807) is 0 Å². The fourth-order valence-electron chi connectivity index (χ4n) is 1.39. The number of halogens is 1. The minimum atomic E-state index is -0.953. The first-order valence-electron chi connectivity index (χ1n) is 4.74. The van der Waals surface area contributed by atoms with Crippen LogP contribution in [0.25, 0.3) is 0 Å². The van der Waals surface area contributed by atoms with Crippen LogP contribution in [0.5, 0.6) is 11.5 Å². The van der Waals surface area contributed by atoms with Gasteiger partial charge < -0.3 is 14.9 Å². The van der Waals surface area contributed by atoms with Gasteiger partial charge in [-0.15, -0.1) is 0 Å². The molecule has 0 aliphatic rings. The average molecular weight is 228 g/mol. The van der Waals surface area contributed by atoms with Crippen molar-refractivity contribution in [3.8, 4) is 11.5 Å². The van der Waals surface area contributed by atoms with Gasteiger partial charge in [-0.1, -0.05) is 13.0 Å². The molecule has 0 amide bonds. The molecule has 1 aromatic rings. The molecule has 0 spiro atoms. The molecule has 16 heavy (non-hydrogen) atoms. The first-order chi connectivity index (χ1) is 7.47. The maximum Gasteiger partial charge on any atom is 0.306 e. The quantitative estimate of drug-likeness (QED) is 0.824. The number of carboxylic acid groups (broad SMARTS) is 1. The van der Waals surface area contributed by atoms with Crippen LogP contribution in [0.1, 0.15) is 12.5 Å². The molecule has 0 saturated carbocycles. The Labute approximate surface area is 92.3 Å². The number of hydrogen-bond donors (Lipinski definition) is 2. The predicted molar refractivity (Wildman–Crippen MR) is 55.1 cm³/mol. The highest BCUT2D eigenvalue weighted by Crippen LogP contribution is 2.33. The van der Waals surface area contributed by atoms with Crippen LogP contribution in [0, 0.1) is 11.7 Å². The number of phenols is 1. The number of aliphatic carboxylic acids is 1. The third-order valence-corrected chi connectivity index (χ3v) is 2.32. The third-order valence-electron chi connectivity index (χ3n) is 2.32. The minimum Gasteiger partial charge on any atom is -0.502 e. The van der Waals surface area contributed by atoms with Crippen molar-refractivity contribution in [2.75, 3.05) is 7.11 Å². The molecule has 0 fully saturated rings. The van der Waals surface area contributed by atoms with Gasteiger partial charge in [0, 0.05) is 0 Å². The van der Waals surface area contributed by atoms with Crippen molar-refractivity contribution in [2.45, 2.75) is 13.3 Å². The summed E-state index contributed by atoms with van der Waals surface area (Å²) in [7, 11) is 1.30. The van der Waals surface area contributed by atoms with Gasteiger partial charge in [-0.3, -0.25) is 4.79 Å². The summed E-state index contributed by atoms with van der Waals surface area (Å²) in [5.41, 5.74) is 0.469. The molecule has 0 aromatic heterocycles. The Hall–Kier alpha value is -1.78. The highest BCUT2D eigenvalue weighted by molar-refractivity contribution is 5.70. The maximum atomic E-state index is 13.0. The summed E-state index contributed by atoms with van der Waals surface area (Å²) in [5, 5.41) is 18.1. The van der Waals surface area contributed by atoms with Gasteiger partial charge in [-0.05, 0) is 18.1 Å². The van der Waals surface area contributed by atoms with Crippen LogP contribution in [0.15, 0.2) is 12.1 Å². The first kappa shape index (κ1) is 12.3. The lowest BCUT2D eigenvalue weighted by atomic mass is 10.00. The molecule has 0 aliphatic heterocycles. The topological polar surface area (TPSA) is 66.8 Å². The van der Waals surface area contributed by atoms with E-state index in [1.807, 2.05) is 0 Å².